The van der Waals surface area contributed by atoms with Crippen molar-refractivity contribution in [2.24, 2.45) is 0 Å². The van der Waals surface area contributed by atoms with Gasteiger partial charge in [0.25, 0.3) is 0 Å². The maximum Gasteiger partial charge on any atom is 0.407 e. The van der Waals surface area contributed by atoms with Crippen LogP contribution >= 0.6 is 15.9 Å². The Morgan fingerprint density at radius 3 is 2.89 bits per heavy atom. The van der Waals surface area contributed by atoms with E-state index >= 15 is 0 Å². The molecule has 1 aliphatic rings. The van der Waals surface area contributed by atoms with E-state index in [9.17, 15) is 9.59 Å². The molecule has 0 saturated carbocycles. The third-order valence-electron chi connectivity index (χ3n) is 3.15. The Labute approximate surface area is 123 Å². The van der Waals surface area contributed by atoms with Crippen molar-refractivity contribution in [2.75, 3.05) is 25.0 Å². The Morgan fingerprint density at radius 1 is 1.42 bits per heavy atom. The number of alkyl carbamates (subject to hydrolysis) is 1. The zero-order valence-corrected chi connectivity index (χ0v) is 13.1. The maximum absolute atomic E-state index is 12.0. The van der Waals surface area contributed by atoms with Gasteiger partial charge in [-0.1, -0.05) is 15.9 Å². The van der Waals surface area contributed by atoms with Crippen LogP contribution in [0.4, 0.5) is 4.79 Å². The van der Waals surface area contributed by atoms with Crippen LogP contribution in [0.3, 0.4) is 0 Å². The first-order chi connectivity index (χ1) is 9.17. The van der Waals surface area contributed by atoms with Crippen molar-refractivity contribution in [3.05, 3.63) is 0 Å². The summed E-state index contributed by atoms with van der Waals surface area (Å²) in [5.74, 6) is 0.191. The van der Waals surface area contributed by atoms with Gasteiger partial charge in [0.1, 0.15) is 0 Å². The number of alkyl halides is 1. The van der Waals surface area contributed by atoms with Gasteiger partial charge < -0.3 is 15.0 Å². The van der Waals surface area contributed by atoms with E-state index in [1.807, 2.05) is 4.90 Å². The van der Waals surface area contributed by atoms with Crippen molar-refractivity contribution in [3.63, 3.8) is 0 Å². The van der Waals surface area contributed by atoms with Gasteiger partial charge in [-0.05, 0) is 32.6 Å². The van der Waals surface area contributed by atoms with Gasteiger partial charge in [0.15, 0.2) is 0 Å². The van der Waals surface area contributed by atoms with E-state index in [-0.39, 0.29) is 18.0 Å². The number of likely N-dealkylation sites (tertiary alicyclic amines) is 1. The van der Waals surface area contributed by atoms with E-state index in [4.69, 9.17) is 4.74 Å². The van der Waals surface area contributed by atoms with Crippen LogP contribution in [0.25, 0.3) is 0 Å². The van der Waals surface area contributed by atoms with Gasteiger partial charge in [0.2, 0.25) is 5.91 Å². The molecule has 0 spiro atoms. The number of unbranched alkanes of at least 4 members (excludes halogenated alkanes) is 1. The first-order valence-electron chi connectivity index (χ1n) is 6.94. The molecule has 0 aromatic rings. The number of nitrogens with one attached hydrogen (secondary N) is 1. The standard InChI is InChI=1S/C13H23BrN2O3/c1-2-19-13(18)15-11-6-5-9-16(10-11)12(17)7-3-4-8-14/h11H,2-10H2,1H3,(H,15,18). The number of amides is 2. The lowest BCUT2D eigenvalue weighted by molar-refractivity contribution is -0.132. The lowest BCUT2D eigenvalue weighted by atomic mass is 10.1. The Morgan fingerprint density at radius 2 is 2.21 bits per heavy atom. The number of piperidine rings is 1. The first kappa shape index (κ1) is 16.3. The van der Waals surface area contributed by atoms with Crippen LogP contribution in [-0.4, -0.2) is 48.0 Å². The minimum atomic E-state index is -0.388. The number of ether oxygens (including phenoxy) is 1. The predicted molar refractivity (Wildman–Crippen MR) is 77.4 cm³/mol. The number of carbonyl (C=O) groups is 2. The average Bonchev–Trinajstić information content (AvgIpc) is 2.39. The Balaban J connectivity index is 2.32. The Bertz CT molecular complexity index is 300. The van der Waals surface area contributed by atoms with Gasteiger partial charge >= 0.3 is 6.09 Å². The SMILES string of the molecule is CCOC(=O)NC1CCCN(C(=O)CCCCBr)C1. The quantitative estimate of drug-likeness (QED) is 0.598. The topological polar surface area (TPSA) is 58.6 Å². The molecule has 0 bridgehead atoms. The van der Waals surface area contributed by atoms with Crippen molar-refractivity contribution in [1.29, 1.82) is 0 Å². The lowest BCUT2D eigenvalue weighted by Crippen LogP contribution is -2.49. The van der Waals surface area contributed by atoms with Crippen LogP contribution < -0.4 is 5.32 Å². The van der Waals surface area contributed by atoms with Gasteiger partial charge in [-0.25, -0.2) is 4.79 Å². The summed E-state index contributed by atoms with van der Waals surface area (Å²) in [6.45, 7) is 3.55. The second-order valence-electron chi connectivity index (χ2n) is 4.69. The molecule has 1 heterocycles. The van der Waals surface area contributed by atoms with Crippen molar-refractivity contribution in [2.45, 2.75) is 45.1 Å². The molecule has 110 valence electrons. The van der Waals surface area contributed by atoms with Crippen molar-refractivity contribution >= 4 is 27.9 Å². The number of rotatable bonds is 6. The maximum atomic E-state index is 12.0. The second-order valence-corrected chi connectivity index (χ2v) is 5.48. The molecule has 6 heteroatoms. The second kappa shape index (κ2) is 9.18. The summed E-state index contributed by atoms with van der Waals surface area (Å²) in [7, 11) is 0. The molecule has 2 amide bonds. The molecule has 1 unspecified atom stereocenters. The van der Waals surface area contributed by atoms with E-state index in [0.717, 1.165) is 37.6 Å². The summed E-state index contributed by atoms with van der Waals surface area (Å²) in [6.07, 6.45) is 3.98. The molecule has 0 aromatic heterocycles. The Hall–Kier alpha value is -0.780. The molecule has 1 saturated heterocycles. The van der Waals surface area contributed by atoms with E-state index in [2.05, 4.69) is 21.2 Å². The minimum Gasteiger partial charge on any atom is -0.450 e. The average molecular weight is 335 g/mol. The number of halogens is 1. The molecule has 0 aliphatic carbocycles. The molecule has 0 aromatic carbocycles. The highest BCUT2D eigenvalue weighted by Crippen LogP contribution is 2.13. The highest BCUT2D eigenvalue weighted by molar-refractivity contribution is 9.09. The van der Waals surface area contributed by atoms with Crippen LogP contribution in [0, 0.1) is 0 Å². The molecular weight excluding hydrogens is 312 g/mol. The molecule has 1 N–H and O–H groups in total. The Kier molecular flexibility index (Phi) is 7.86. The summed E-state index contributed by atoms with van der Waals surface area (Å²) in [5, 5.41) is 3.75. The van der Waals surface area contributed by atoms with Gasteiger partial charge in [-0.15, -0.1) is 0 Å². The van der Waals surface area contributed by atoms with Crippen molar-refractivity contribution < 1.29 is 14.3 Å². The van der Waals surface area contributed by atoms with Gasteiger partial charge in [0, 0.05) is 30.9 Å². The number of nitrogens with zero attached hydrogens (tertiary/aromatic N) is 1. The molecule has 1 aliphatic heterocycles. The van der Waals surface area contributed by atoms with E-state index in [1.54, 1.807) is 6.92 Å². The zero-order chi connectivity index (χ0) is 14.1. The predicted octanol–water partition coefficient (Wildman–Crippen LogP) is 2.29. The lowest BCUT2D eigenvalue weighted by Gasteiger charge is -2.33. The van der Waals surface area contributed by atoms with Crippen molar-refractivity contribution in [1.82, 2.24) is 10.2 Å². The normalized spacial score (nSPS) is 19.1. The highest BCUT2D eigenvalue weighted by Gasteiger charge is 2.24. The van der Waals surface area contributed by atoms with Crippen LogP contribution in [0.5, 0.6) is 0 Å². The van der Waals surface area contributed by atoms with Gasteiger partial charge in [0.05, 0.1) is 6.61 Å². The summed E-state index contributed by atoms with van der Waals surface area (Å²) >= 11 is 3.36. The molecule has 1 rings (SSSR count). The van der Waals surface area contributed by atoms with Crippen LogP contribution in [0.1, 0.15) is 39.0 Å². The molecule has 1 atom stereocenters. The fourth-order valence-electron chi connectivity index (χ4n) is 2.19. The van der Waals surface area contributed by atoms with Crippen LogP contribution in [0.2, 0.25) is 0 Å². The summed E-state index contributed by atoms with van der Waals surface area (Å²) in [5.41, 5.74) is 0. The minimum absolute atomic E-state index is 0.0212. The van der Waals surface area contributed by atoms with Crippen LogP contribution in [0.15, 0.2) is 0 Å². The zero-order valence-electron chi connectivity index (χ0n) is 11.5. The number of hydrogen-bond acceptors (Lipinski definition) is 3. The molecule has 1 fully saturated rings. The van der Waals surface area contributed by atoms with Crippen LogP contribution in [-0.2, 0) is 9.53 Å². The van der Waals surface area contributed by atoms with Gasteiger partial charge in [-0.2, -0.15) is 0 Å². The summed E-state index contributed by atoms with van der Waals surface area (Å²) in [4.78, 5) is 25.2. The smallest absolute Gasteiger partial charge is 0.407 e. The third-order valence-corrected chi connectivity index (χ3v) is 3.71. The largest absolute Gasteiger partial charge is 0.450 e. The first-order valence-corrected chi connectivity index (χ1v) is 8.06. The molecular formula is C13H23BrN2O3. The van der Waals surface area contributed by atoms with E-state index in [1.165, 1.54) is 0 Å². The molecule has 0 radical (unpaired) electrons. The van der Waals surface area contributed by atoms with E-state index < -0.39 is 0 Å². The fraction of sp³-hybridized carbons (Fsp3) is 0.846. The summed E-state index contributed by atoms with van der Waals surface area (Å²) in [6, 6.07) is 0.0212. The van der Waals surface area contributed by atoms with Gasteiger partial charge in [-0.3, -0.25) is 4.79 Å². The van der Waals surface area contributed by atoms with Crippen molar-refractivity contribution in [3.8, 4) is 0 Å². The fourth-order valence-corrected chi connectivity index (χ4v) is 2.59. The molecule has 5 nitrogen and oxygen atoms in total. The number of carbonyl (C=O) groups excluding carboxylic acids is 2. The number of hydrogen-bond donors (Lipinski definition) is 1. The van der Waals surface area contributed by atoms with E-state index in [0.29, 0.717) is 19.6 Å². The highest BCUT2D eigenvalue weighted by atomic mass is 79.9. The monoisotopic (exact) mass is 334 g/mol. The molecule has 19 heavy (non-hydrogen) atoms. The third kappa shape index (κ3) is 6.27. The summed E-state index contributed by atoms with van der Waals surface area (Å²) < 4.78 is 4.86.